The number of aromatic nitrogens is 2. The Morgan fingerprint density at radius 3 is 2.56 bits per heavy atom. The molecule has 1 aromatic heterocycles. The molecule has 0 spiro atoms. The molecule has 1 saturated heterocycles. The van der Waals surface area contributed by atoms with Gasteiger partial charge in [-0.3, -0.25) is 19.6 Å². The maximum absolute atomic E-state index is 12.9. The van der Waals surface area contributed by atoms with Gasteiger partial charge in [0.25, 0.3) is 0 Å². The summed E-state index contributed by atoms with van der Waals surface area (Å²) in [6.45, 7) is 6.76. The Morgan fingerprint density at radius 2 is 2.12 bits per heavy atom. The summed E-state index contributed by atoms with van der Waals surface area (Å²) < 4.78 is 24.9. The van der Waals surface area contributed by atoms with Crippen molar-refractivity contribution in [3.8, 4) is 0 Å². The van der Waals surface area contributed by atoms with Gasteiger partial charge in [0.1, 0.15) is 17.9 Å². The molecule has 0 unspecified atom stereocenters. The molecule has 1 aliphatic rings. The summed E-state index contributed by atoms with van der Waals surface area (Å²) in [6.07, 6.45) is 1.12. The van der Waals surface area contributed by atoms with Crippen LogP contribution in [0.4, 0.5) is 5.69 Å². The second-order valence-corrected chi connectivity index (χ2v) is 8.78. The number of hydrogen-bond acceptors (Lipinski definition) is 6. The minimum absolute atomic E-state index is 0.0274. The highest BCUT2D eigenvalue weighted by Gasteiger charge is 2.37. The van der Waals surface area contributed by atoms with Crippen molar-refractivity contribution >= 4 is 21.4 Å². The number of hydrogen-bond donors (Lipinski definition) is 0. The highest BCUT2D eigenvalue weighted by atomic mass is 32.2. The Balaban J connectivity index is 2.27. The lowest BCUT2D eigenvalue weighted by Gasteiger charge is -2.33. The second kappa shape index (κ2) is 7.11. The van der Waals surface area contributed by atoms with Gasteiger partial charge in [0.05, 0.1) is 16.4 Å². The van der Waals surface area contributed by atoms with Gasteiger partial charge >= 0.3 is 5.69 Å². The van der Waals surface area contributed by atoms with Crippen LogP contribution in [0.1, 0.15) is 38.1 Å². The molecular formula is C15H24N4O5S. The van der Waals surface area contributed by atoms with Crippen LogP contribution < -0.4 is 0 Å². The number of carbonyl (C=O) groups is 1. The molecule has 25 heavy (non-hydrogen) atoms. The van der Waals surface area contributed by atoms with Crippen LogP contribution in [0, 0.1) is 24.0 Å². The van der Waals surface area contributed by atoms with Crippen molar-refractivity contribution in [2.24, 2.45) is 0 Å². The molecular weight excluding hydrogens is 348 g/mol. The lowest BCUT2D eigenvalue weighted by atomic mass is 10.1. The lowest BCUT2D eigenvalue weighted by Crippen LogP contribution is -2.48. The number of aryl methyl sites for hydroxylation is 1. The van der Waals surface area contributed by atoms with Crippen LogP contribution in [0.5, 0.6) is 0 Å². The third kappa shape index (κ3) is 4.00. The highest BCUT2D eigenvalue weighted by Crippen LogP contribution is 2.24. The van der Waals surface area contributed by atoms with E-state index in [0.717, 1.165) is 0 Å². The monoisotopic (exact) mass is 372 g/mol. The zero-order valence-electron chi connectivity index (χ0n) is 14.9. The Bertz CT molecular complexity index is 786. The Hall–Kier alpha value is -1.97. The first-order valence-electron chi connectivity index (χ1n) is 8.27. The first-order chi connectivity index (χ1) is 11.6. The van der Waals surface area contributed by atoms with Crippen molar-refractivity contribution < 1.29 is 18.1 Å². The van der Waals surface area contributed by atoms with Crippen LogP contribution in [-0.2, 0) is 21.2 Å². The molecule has 0 saturated carbocycles. The van der Waals surface area contributed by atoms with E-state index < -0.39 is 14.8 Å². The molecule has 1 amide bonds. The maximum atomic E-state index is 12.9. The van der Waals surface area contributed by atoms with Crippen molar-refractivity contribution in [3.63, 3.8) is 0 Å². The SMILES string of the molecule is CC[C@H](C)N(C(=O)Cn1nc(C)c([N+](=O)[O-])c1C)[C@@H]1CCS(=O)(=O)C1. The van der Waals surface area contributed by atoms with E-state index in [1.807, 2.05) is 13.8 Å². The van der Waals surface area contributed by atoms with Gasteiger partial charge < -0.3 is 4.90 Å². The highest BCUT2D eigenvalue weighted by molar-refractivity contribution is 7.91. The molecule has 0 N–H and O–H groups in total. The van der Waals surface area contributed by atoms with Gasteiger partial charge in [0.2, 0.25) is 5.91 Å². The first-order valence-corrected chi connectivity index (χ1v) is 10.1. The number of nitro groups is 1. The fourth-order valence-electron chi connectivity index (χ4n) is 3.32. The fourth-order valence-corrected chi connectivity index (χ4v) is 5.03. The molecule has 0 radical (unpaired) electrons. The molecule has 0 bridgehead atoms. The molecule has 9 nitrogen and oxygen atoms in total. The topological polar surface area (TPSA) is 115 Å². The third-order valence-electron chi connectivity index (χ3n) is 4.77. The largest absolute Gasteiger partial charge is 0.334 e. The van der Waals surface area contributed by atoms with E-state index >= 15 is 0 Å². The van der Waals surface area contributed by atoms with Crippen molar-refractivity contribution in [2.45, 2.75) is 59.2 Å². The molecule has 1 aromatic rings. The quantitative estimate of drug-likeness (QED) is 0.548. The summed E-state index contributed by atoms with van der Waals surface area (Å²) in [4.78, 5) is 25.1. The van der Waals surface area contributed by atoms with E-state index in [1.165, 1.54) is 11.6 Å². The summed E-state index contributed by atoms with van der Waals surface area (Å²) in [5, 5.41) is 15.2. The van der Waals surface area contributed by atoms with Gasteiger partial charge in [-0.15, -0.1) is 0 Å². The molecule has 0 aromatic carbocycles. The average Bonchev–Trinajstić information content (AvgIpc) is 2.98. The normalized spacial score (nSPS) is 20.4. The summed E-state index contributed by atoms with van der Waals surface area (Å²) in [7, 11) is -3.12. The smallest absolute Gasteiger partial charge is 0.312 e. The third-order valence-corrected chi connectivity index (χ3v) is 6.52. The average molecular weight is 372 g/mol. The van der Waals surface area contributed by atoms with E-state index in [1.54, 1.807) is 11.8 Å². The van der Waals surface area contributed by atoms with Crippen LogP contribution >= 0.6 is 0 Å². The van der Waals surface area contributed by atoms with Crippen LogP contribution in [-0.4, -0.2) is 57.5 Å². The van der Waals surface area contributed by atoms with E-state index in [4.69, 9.17) is 0 Å². The van der Waals surface area contributed by atoms with E-state index in [0.29, 0.717) is 18.5 Å². The molecule has 2 atom stereocenters. The predicted octanol–water partition coefficient (Wildman–Crippen LogP) is 1.22. The van der Waals surface area contributed by atoms with Gasteiger partial charge in [0, 0.05) is 12.1 Å². The number of carbonyl (C=O) groups excluding carboxylic acids is 1. The molecule has 2 heterocycles. The zero-order valence-corrected chi connectivity index (χ0v) is 15.7. The standard InChI is InChI=1S/C15H24N4O5S/c1-5-10(2)18(13-6-7-25(23,24)9-13)14(20)8-17-12(4)15(19(21)22)11(3)16-17/h10,13H,5-9H2,1-4H3/t10-,13+/m0/s1. The second-order valence-electron chi connectivity index (χ2n) is 6.55. The summed E-state index contributed by atoms with van der Waals surface area (Å²) in [6, 6.07) is -0.461. The summed E-state index contributed by atoms with van der Waals surface area (Å²) in [5.74, 6) is -0.208. The van der Waals surface area contributed by atoms with Gasteiger partial charge in [-0.2, -0.15) is 5.10 Å². The number of rotatable bonds is 6. The van der Waals surface area contributed by atoms with Gasteiger partial charge in [-0.05, 0) is 33.6 Å². The van der Waals surface area contributed by atoms with Crippen molar-refractivity contribution in [3.05, 3.63) is 21.5 Å². The van der Waals surface area contributed by atoms with Gasteiger partial charge in [-0.25, -0.2) is 8.42 Å². The predicted molar refractivity (Wildman–Crippen MR) is 92.0 cm³/mol. The molecule has 2 rings (SSSR count). The van der Waals surface area contributed by atoms with Crippen LogP contribution in [0.2, 0.25) is 0 Å². The number of nitrogens with zero attached hydrogens (tertiary/aromatic N) is 4. The molecule has 140 valence electrons. The van der Waals surface area contributed by atoms with Crippen LogP contribution in [0.3, 0.4) is 0 Å². The molecule has 1 fully saturated rings. The lowest BCUT2D eigenvalue weighted by molar-refractivity contribution is -0.386. The Kier molecular flexibility index (Phi) is 5.50. The van der Waals surface area contributed by atoms with Crippen molar-refractivity contribution in [1.29, 1.82) is 0 Å². The molecule has 10 heteroatoms. The number of sulfone groups is 1. The van der Waals surface area contributed by atoms with E-state index in [2.05, 4.69) is 5.10 Å². The Morgan fingerprint density at radius 1 is 1.48 bits per heavy atom. The van der Waals surface area contributed by atoms with Crippen molar-refractivity contribution in [2.75, 3.05) is 11.5 Å². The van der Waals surface area contributed by atoms with Crippen LogP contribution in [0.25, 0.3) is 0 Å². The van der Waals surface area contributed by atoms with E-state index in [-0.39, 0.29) is 47.4 Å². The number of amides is 1. The summed E-state index contributed by atoms with van der Waals surface area (Å²) >= 11 is 0. The van der Waals surface area contributed by atoms with E-state index in [9.17, 15) is 23.3 Å². The minimum atomic E-state index is -3.12. The zero-order chi connectivity index (χ0) is 18.9. The van der Waals surface area contributed by atoms with Gasteiger partial charge in [0.15, 0.2) is 9.84 Å². The fraction of sp³-hybridized carbons (Fsp3) is 0.733. The molecule has 1 aliphatic heterocycles. The maximum Gasteiger partial charge on any atom is 0.312 e. The van der Waals surface area contributed by atoms with Crippen LogP contribution in [0.15, 0.2) is 0 Å². The summed E-state index contributed by atoms with van der Waals surface area (Å²) in [5.41, 5.74) is 0.485. The molecule has 0 aliphatic carbocycles. The first kappa shape index (κ1) is 19.4. The van der Waals surface area contributed by atoms with Crippen molar-refractivity contribution in [1.82, 2.24) is 14.7 Å². The minimum Gasteiger partial charge on any atom is -0.334 e. The van der Waals surface area contributed by atoms with Gasteiger partial charge in [-0.1, -0.05) is 6.92 Å². The Labute approximate surface area is 147 Å².